The summed E-state index contributed by atoms with van der Waals surface area (Å²) in [6.07, 6.45) is 4.71. The summed E-state index contributed by atoms with van der Waals surface area (Å²) >= 11 is 1.76. The van der Waals surface area contributed by atoms with Crippen LogP contribution in [0.15, 0.2) is 42.5 Å². The van der Waals surface area contributed by atoms with E-state index in [1.807, 2.05) is 12.1 Å². The molecular formula is C24H28N4OS. The maximum atomic E-state index is 12.8. The fourth-order valence-corrected chi connectivity index (χ4v) is 5.90. The van der Waals surface area contributed by atoms with Gasteiger partial charge >= 0.3 is 0 Å². The standard InChI is InChI=1S/C24H28N4OS/c1-17-15-18(10-11-20(17)27-12-4-5-13-27)25-23(29)16-28-14-6-8-21(28)24-26-19-7-2-3-9-22(19)30-24/h2-3,7,9-11,15,21H,4-6,8,12-14,16H2,1H3,(H,25,29)/t21-/m0/s1. The fraction of sp³-hybridized carbons (Fsp3) is 0.417. The Morgan fingerprint density at radius 3 is 2.77 bits per heavy atom. The second-order valence-corrected chi connectivity index (χ2v) is 9.45. The van der Waals surface area contributed by atoms with Crippen LogP contribution in [-0.2, 0) is 4.79 Å². The molecular weight excluding hydrogens is 392 g/mol. The highest BCUT2D eigenvalue weighted by atomic mass is 32.1. The van der Waals surface area contributed by atoms with Gasteiger partial charge in [-0.1, -0.05) is 12.1 Å². The average Bonchev–Trinajstić information content (AvgIpc) is 3.48. The molecule has 0 bridgehead atoms. The zero-order valence-electron chi connectivity index (χ0n) is 17.4. The number of carbonyl (C=O) groups excluding carboxylic acids is 1. The molecule has 0 unspecified atom stereocenters. The van der Waals surface area contributed by atoms with E-state index in [1.54, 1.807) is 11.3 Å². The van der Waals surface area contributed by atoms with Crippen LogP contribution in [-0.4, -0.2) is 42.0 Å². The van der Waals surface area contributed by atoms with Crippen LogP contribution >= 0.6 is 11.3 Å². The average molecular weight is 421 g/mol. The van der Waals surface area contributed by atoms with Crippen molar-refractivity contribution in [2.24, 2.45) is 0 Å². The molecule has 1 atom stereocenters. The number of hydrogen-bond donors (Lipinski definition) is 1. The molecule has 5 rings (SSSR count). The Hall–Kier alpha value is -2.44. The molecule has 2 saturated heterocycles. The Bertz CT molecular complexity index is 1020. The van der Waals surface area contributed by atoms with E-state index in [0.29, 0.717) is 6.54 Å². The van der Waals surface area contributed by atoms with Gasteiger partial charge in [-0.15, -0.1) is 11.3 Å². The Labute approximate surface area is 181 Å². The number of amides is 1. The molecule has 1 amide bonds. The first-order valence-electron chi connectivity index (χ1n) is 10.9. The monoisotopic (exact) mass is 420 g/mol. The normalized spacial score (nSPS) is 19.6. The molecule has 0 radical (unpaired) electrons. The van der Waals surface area contributed by atoms with Crippen LogP contribution in [0.25, 0.3) is 10.2 Å². The molecule has 0 aliphatic carbocycles. The zero-order valence-corrected chi connectivity index (χ0v) is 18.3. The van der Waals surface area contributed by atoms with Crippen LogP contribution in [0.2, 0.25) is 0 Å². The first kappa shape index (κ1) is 19.5. The summed E-state index contributed by atoms with van der Waals surface area (Å²) < 4.78 is 1.22. The number of thiazole rings is 1. The van der Waals surface area contributed by atoms with Crippen molar-refractivity contribution in [3.8, 4) is 0 Å². The minimum atomic E-state index is 0.0522. The summed E-state index contributed by atoms with van der Waals surface area (Å²) in [6.45, 7) is 5.75. The first-order chi connectivity index (χ1) is 14.7. The Kier molecular flexibility index (Phi) is 5.44. The lowest BCUT2D eigenvalue weighted by molar-refractivity contribution is -0.117. The topological polar surface area (TPSA) is 48.5 Å². The van der Waals surface area contributed by atoms with E-state index in [0.717, 1.165) is 48.7 Å². The quantitative estimate of drug-likeness (QED) is 0.632. The van der Waals surface area contributed by atoms with E-state index in [1.165, 1.54) is 28.8 Å². The van der Waals surface area contributed by atoms with E-state index in [9.17, 15) is 4.79 Å². The number of hydrogen-bond acceptors (Lipinski definition) is 5. The highest BCUT2D eigenvalue weighted by Crippen LogP contribution is 2.36. The summed E-state index contributed by atoms with van der Waals surface area (Å²) in [7, 11) is 0. The van der Waals surface area contributed by atoms with Gasteiger partial charge in [0, 0.05) is 24.5 Å². The number of aryl methyl sites for hydroxylation is 1. The predicted molar refractivity (Wildman–Crippen MR) is 124 cm³/mol. The van der Waals surface area contributed by atoms with Crippen LogP contribution in [0.3, 0.4) is 0 Å². The van der Waals surface area contributed by atoms with E-state index < -0.39 is 0 Å². The van der Waals surface area contributed by atoms with Gasteiger partial charge in [-0.25, -0.2) is 4.98 Å². The highest BCUT2D eigenvalue weighted by Gasteiger charge is 2.30. The van der Waals surface area contributed by atoms with Gasteiger partial charge in [-0.3, -0.25) is 9.69 Å². The minimum Gasteiger partial charge on any atom is -0.371 e. The van der Waals surface area contributed by atoms with E-state index >= 15 is 0 Å². The molecule has 30 heavy (non-hydrogen) atoms. The number of aromatic nitrogens is 1. The van der Waals surface area contributed by atoms with Crippen molar-refractivity contribution in [3.05, 3.63) is 53.0 Å². The maximum absolute atomic E-state index is 12.8. The van der Waals surface area contributed by atoms with Gasteiger partial charge in [0.1, 0.15) is 5.01 Å². The van der Waals surface area contributed by atoms with Crippen molar-refractivity contribution in [3.63, 3.8) is 0 Å². The molecule has 2 aromatic carbocycles. The molecule has 2 aliphatic heterocycles. The molecule has 3 aromatic rings. The molecule has 156 valence electrons. The SMILES string of the molecule is Cc1cc(NC(=O)CN2CCC[C@H]2c2nc3ccccc3s2)ccc1N1CCCC1. The Morgan fingerprint density at radius 1 is 1.13 bits per heavy atom. The second-order valence-electron chi connectivity index (χ2n) is 8.39. The lowest BCUT2D eigenvalue weighted by Gasteiger charge is -2.23. The maximum Gasteiger partial charge on any atom is 0.238 e. The lowest BCUT2D eigenvalue weighted by atomic mass is 10.1. The van der Waals surface area contributed by atoms with Crippen molar-refractivity contribution < 1.29 is 4.79 Å². The molecule has 1 aromatic heterocycles. The molecule has 2 aliphatic rings. The predicted octanol–water partition coefficient (Wildman–Crippen LogP) is 4.98. The van der Waals surface area contributed by atoms with Crippen molar-refractivity contribution in [1.29, 1.82) is 0 Å². The van der Waals surface area contributed by atoms with Crippen LogP contribution < -0.4 is 10.2 Å². The smallest absolute Gasteiger partial charge is 0.238 e. The molecule has 6 heteroatoms. The Balaban J connectivity index is 1.25. The van der Waals surface area contributed by atoms with Crippen LogP contribution in [0.4, 0.5) is 11.4 Å². The summed E-state index contributed by atoms with van der Waals surface area (Å²) in [5.41, 5.74) is 4.46. The fourth-order valence-electron chi connectivity index (χ4n) is 4.76. The van der Waals surface area contributed by atoms with Gasteiger partial charge in [0.25, 0.3) is 0 Å². The van der Waals surface area contributed by atoms with Gasteiger partial charge in [-0.05, 0) is 75.0 Å². The summed E-state index contributed by atoms with van der Waals surface area (Å²) in [5, 5.41) is 4.24. The van der Waals surface area contributed by atoms with Gasteiger partial charge in [0.05, 0.1) is 22.8 Å². The summed E-state index contributed by atoms with van der Waals surface area (Å²) in [5.74, 6) is 0.0522. The molecule has 0 spiro atoms. The number of likely N-dealkylation sites (tertiary alicyclic amines) is 1. The zero-order chi connectivity index (χ0) is 20.5. The largest absolute Gasteiger partial charge is 0.371 e. The van der Waals surface area contributed by atoms with Crippen LogP contribution in [0.5, 0.6) is 0 Å². The van der Waals surface area contributed by atoms with Crippen LogP contribution in [0, 0.1) is 6.92 Å². The van der Waals surface area contributed by atoms with Crippen molar-refractivity contribution in [2.75, 3.05) is 36.4 Å². The Morgan fingerprint density at radius 2 is 1.97 bits per heavy atom. The van der Waals surface area contributed by atoms with Crippen molar-refractivity contribution >= 4 is 38.8 Å². The molecule has 3 heterocycles. The summed E-state index contributed by atoms with van der Waals surface area (Å²) in [4.78, 5) is 22.3. The number of carbonyl (C=O) groups is 1. The third kappa shape index (κ3) is 3.94. The number of rotatable bonds is 5. The second kappa shape index (κ2) is 8.36. The van der Waals surface area contributed by atoms with E-state index in [-0.39, 0.29) is 11.9 Å². The number of benzene rings is 2. The highest BCUT2D eigenvalue weighted by molar-refractivity contribution is 7.18. The minimum absolute atomic E-state index is 0.0522. The first-order valence-corrected chi connectivity index (χ1v) is 11.7. The third-order valence-electron chi connectivity index (χ3n) is 6.23. The van der Waals surface area contributed by atoms with Gasteiger partial charge in [-0.2, -0.15) is 0 Å². The lowest BCUT2D eigenvalue weighted by Crippen LogP contribution is -2.33. The molecule has 5 nitrogen and oxygen atoms in total. The number of nitrogens with zero attached hydrogens (tertiary/aromatic N) is 3. The van der Waals surface area contributed by atoms with Gasteiger partial charge < -0.3 is 10.2 Å². The van der Waals surface area contributed by atoms with Crippen molar-refractivity contribution in [2.45, 2.75) is 38.6 Å². The van der Waals surface area contributed by atoms with E-state index in [2.05, 4.69) is 52.4 Å². The van der Waals surface area contributed by atoms with Gasteiger partial charge in [0.15, 0.2) is 0 Å². The summed E-state index contributed by atoms with van der Waals surface area (Å²) in [6, 6.07) is 14.8. The number of anilines is 2. The number of para-hydroxylation sites is 1. The number of nitrogens with one attached hydrogen (secondary N) is 1. The molecule has 1 N–H and O–H groups in total. The molecule has 2 fully saturated rings. The third-order valence-corrected chi connectivity index (χ3v) is 7.37. The van der Waals surface area contributed by atoms with E-state index in [4.69, 9.17) is 4.98 Å². The number of fused-ring (bicyclic) bond motifs is 1. The van der Waals surface area contributed by atoms with Gasteiger partial charge in [0.2, 0.25) is 5.91 Å². The van der Waals surface area contributed by atoms with Crippen molar-refractivity contribution in [1.82, 2.24) is 9.88 Å². The molecule has 0 saturated carbocycles. The van der Waals surface area contributed by atoms with Crippen LogP contribution in [0.1, 0.15) is 42.3 Å².